The summed E-state index contributed by atoms with van der Waals surface area (Å²) in [6.45, 7) is 9.42. The molecule has 5 nitrogen and oxygen atoms in total. The number of esters is 1. The fraction of sp³-hybridized carbons (Fsp3) is 0.471. The van der Waals surface area contributed by atoms with Gasteiger partial charge < -0.3 is 9.07 Å². The van der Waals surface area contributed by atoms with Crippen LogP contribution in [0.15, 0.2) is 18.3 Å². The van der Waals surface area contributed by atoms with Gasteiger partial charge in [-0.15, -0.1) is 0 Å². The summed E-state index contributed by atoms with van der Waals surface area (Å²) in [5.41, 5.74) is 2.67. The van der Waals surface area contributed by atoms with Crippen molar-refractivity contribution in [3.05, 3.63) is 29.6 Å². The normalized spacial score (nSPS) is 12.2. The Morgan fingerprint density at radius 2 is 2.22 bits per heavy atom. The van der Waals surface area contributed by atoms with E-state index in [2.05, 4.69) is 15.4 Å². The standard InChI is InChI=1S/C17H22N3O2P/c1-11(2)22-14(21)9-13-15(17(3,4)10-18)16-12(20(13)23-5)7-6-8-19-16/h6-8,11,23H,9H2,1-5H3. The number of hydrogen-bond donors (Lipinski definition) is 0. The van der Waals surface area contributed by atoms with Gasteiger partial charge in [0, 0.05) is 17.5 Å². The molecule has 2 aromatic heterocycles. The van der Waals surface area contributed by atoms with Gasteiger partial charge in [0.05, 0.1) is 35.0 Å². The maximum Gasteiger partial charge on any atom is 0.312 e. The van der Waals surface area contributed by atoms with Crippen LogP contribution in [0.1, 0.15) is 39.0 Å². The van der Waals surface area contributed by atoms with Crippen molar-refractivity contribution in [2.24, 2.45) is 0 Å². The summed E-state index contributed by atoms with van der Waals surface area (Å²) in [5, 5.41) is 9.59. The number of fused-ring (bicyclic) bond motifs is 1. The first-order valence-electron chi connectivity index (χ1n) is 7.59. The van der Waals surface area contributed by atoms with Crippen LogP contribution in [0.4, 0.5) is 0 Å². The van der Waals surface area contributed by atoms with Gasteiger partial charge in [-0.3, -0.25) is 9.78 Å². The second kappa shape index (κ2) is 6.68. The van der Waals surface area contributed by atoms with Crippen LogP contribution < -0.4 is 0 Å². The molecule has 1 unspecified atom stereocenters. The molecule has 122 valence electrons. The van der Waals surface area contributed by atoms with Gasteiger partial charge in [-0.2, -0.15) is 5.26 Å². The highest BCUT2D eigenvalue weighted by Crippen LogP contribution is 2.38. The van der Waals surface area contributed by atoms with Crippen LogP contribution in [-0.4, -0.2) is 28.1 Å². The molecule has 0 N–H and O–H groups in total. The monoisotopic (exact) mass is 331 g/mol. The van der Waals surface area contributed by atoms with Crippen molar-refractivity contribution in [2.75, 3.05) is 6.66 Å². The second-order valence-electron chi connectivity index (χ2n) is 6.20. The van der Waals surface area contributed by atoms with Crippen molar-refractivity contribution in [3.63, 3.8) is 0 Å². The highest BCUT2D eigenvalue weighted by molar-refractivity contribution is 7.35. The van der Waals surface area contributed by atoms with E-state index in [4.69, 9.17) is 4.74 Å². The molecule has 0 saturated carbocycles. The van der Waals surface area contributed by atoms with Crippen molar-refractivity contribution < 1.29 is 9.53 Å². The van der Waals surface area contributed by atoms with E-state index >= 15 is 0 Å². The number of nitrogens with zero attached hydrogens (tertiary/aromatic N) is 3. The smallest absolute Gasteiger partial charge is 0.312 e. The van der Waals surface area contributed by atoms with Gasteiger partial charge in [-0.1, -0.05) is 0 Å². The fourth-order valence-electron chi connectivity index (χ4n) is 2.74. The predicted octanol–water partition coefficient (Wildman–Crippen LogP) is 3.40. The van der Waals surface area contributed by atoms with E-state index in [-0.39, 0.29) is 18.5 Å². The highest BCUT2D eigenvalue weighted by atomic mass is 31.1. The van der Waals surface area contributed by atoms with E-state index in [0.29, 0.717) is 8.73 Å². The zero-order valence-electron chi connectivity index (χ0n) is 14.2. The molecular formula is C17H22N3O2P. The van der Waals surface area contributed by atoms with Gasteiger partial charge in [0.15, 0.2) is 0 Å². The van der Waals surface area contributed by atoms with Crippen LogP contribution in [0.3, 0.4) is 0 Å². The third kappa shape index (κ3) is 3.38. The van der Waals surface area contributed by atoms with Gasteiger partial charge in [0.2, 0.25) is 0 Å². The number of carbonyl (C=O) groups excluding carboxylic acids is 1. The zero-order chi connectivity index (χ0) is 17.2. The van der Waals surface area contributed by atoms with E-state index in [1.807, 2.05) is 46.5 Å². The van der Waals surface area contributed by atoms with Gasteiger partial charge >= 0.3 is 5.97 Å². The van der Waals surface area contributed by atoms with Crippen molar-refractivity contribution in [3.8, 4) is 6.07 Å². The molecule has 0 spiro atoms. The first-order chi connectivity index (χ1) is 10.8. The third-order valence-corrected chi connectivity index (χ3v) is 4.59. The second-order valence-corrected chi connectivity index (χ2v) is 7.10. The van der Waals surface area contributed by atoms with E-state index in [1.165, 1.54) is 0 Å². The minimum atomic E-state index is -0.731. The van der Waals surface area contributed by atoms with Crippen molar-refractivity contribution in [1.82, 2.24) is 9.32 Å². The quantitative estimate of drug-likeness (QED) is 0.622. The summed E-state index contributed by atoms with van der Waals surface area (Å²) in [7, 11) is 0.439. The third-order valence-electron chi connectivity index (χ3n) is 3.63. The Labute approximate surface area is 138 Å². The summed E-state index contributed by atoms with van der Waals surface area (Å²) in [4.78, 5) is 16.7. The Bertz CT molecular complexity index is 772. The lowest BCUT2D eigenvalue weighted by atomic mass is 9.85. The van der Waals surface area contributed by atoms with Gasteiger partial charge in [-0.05, 0) is 55.2 Å². The fourth-order valence-corrected chi connectivity index (χ4v) is 3.62. The van der Waals surface area contributed by atoms with E-state index < -0.39 is 5.41 Å². The number of nitriles is 1. The Morgan fingerprint density at radius 1 is 1.52 bits per heavy atom. The molecule has 0 amide bonds. The van der Waals surface area contributed by atoms with Crippen LogP contribution >= 0.6 is 8.73 Å². The van der Waals surface area contributed by atoms with Crippen molar-refractivity contribution in [2.45, 2.75) is 45.6 Å². The number of pyridine rings is 1. The van der Waals surface area contributed by atoms with Gasteiger partial charge in [0.25, 0.3) is 0 Å². The molecule has 0 aromatic carbocycles. The molecule has 2 heterocycles. The number of ether oxygens (including phenoxy) is 1. The van der Waals surface area contributed by atoms with E-state index in [9.17, 15) is 10.1 Å². The SMILES string of the molecule is CPn1c(CC(=O)OC(C)C)c(C(C)(C)C#N)c2ncccc21. The molecule has 0 aliphatic heterocycles. The molecule has 0 aliphatic carbocycles. The molecule has 1 atom stereocenters. The number of aromatic nitrogens is 2. The van der Waals surface area contributed by atoms with Gasteiger partial charge in [-0.25, -0.2) is 0 Å². The minimum Gasteiger partial charge on any atom is -0.463 e. The minimum absolute atomic E-state index is 0.149. The Morgan fingerprint density at radius 3 is 2.78 bits per heavy atom. The van der Waals surface area contributed by atoms with E-state index in [1.54, 1.807) is 6.20 Å². The number of carbonyl (C=O) groups is 1. The summed E-state index contributed by atoms with van der Waals surface area (Å²) in [6.07, 6.45) is 1.71. The average Bonchev–Trinajstić information content (AvgIpc) is 2.79. The first-order valence-corrected chi connectivity index (χ1v) is 9.03. The molecule has 2 aromatic rings. The Balaban J connectivity index is 2.68. The summed E-state index contributed by atoms with van der Waals surface area (Å²) >= 11 is 0. The van der Waals surface area contributed by atoms with Gasteiger partial charge in [0.1, 0.15) is 0 Å². The molecule has 0 fully saturated rings. The molecule has 6 heteroatoms. The van der Waals surface area contributed by atoms with Crippen molar-refractivity contribution >= 4 is 25.7 Å². The van der Waals surface area contributed by atoms with Crippen LogP contribution in [0.2, 0.25) is 0 Å². The summed E-state index contributed by atoms with van der Waals surface area (Å²) < 4.78 is 7.38. The topological polar surface area (TPSA) is 67.9 Å². The van der Waals surface area contributed by atoms with Crippen LogP contribution in [0.25, 0.3) is 11.0 Å². The zero-order valence-corrected chi connectivity index (χ0v) is 15.2. The molecule has 2 rings (SSSR count). The molecule has 0 bridgehead atoms. The molecule has 0 radical (unpaired) electrons. The van der Waals surface area contributed by atoms with Crippen LogP contribution in [-0.2, 0) is 21.4 Å². The van der Waals surface area contributed by atoms with Crippen molar-refractivity contribution in [1.29, 1.82) is 5.26 Å². The van der Waals surface area contributed by atoms with Crippen LogP contribution in [0.5, 0.6) is 0 Å². The largest absolute Gasteiger partial charge is 0.463 e. The van der Waals surface area contributed by atoms with Crippen LogP contribution in [0, 0.1) is 11.3 Å². The Kier molecular flexibility index (Phi) is 5.06. The maximum absolute atomic E-state index is 12.2. The van der Waals surface area contributed by atoms with E-state index in [0.717, 1.165) is 22.3 Å². The first kappa shape index (κ1) is 17.4. The lowest BCUT2D eigenvalue weighted by Gasteiger charge is -2.18. The summed E-state index contributed by atoms with van der Waals surface area (Å²) in [5.74, 6) is -0.280. The predicted molar refractivity (Wildman–Crippen MR) is 92.9 cm³/mol. The molecule has 23 heavy (non-hydrogen) atoms. The maximum atomic E-state index is 12.2. The molecule has 0 saturated heterocycles. The Hall–Kier alpha value is -1.92. The number of rotatable bonds is 5. The number of hydrogen-bond acceptors (Lipinski definition) is 4. The highest BCUT2D eigenvalue weighted by Gasteiger charge is 2.31. The lowest BCUT2D eigenvalue weighted by molar-refractivity contribution is -0.146. The average molecular weight is 331 g/mol. The summed E-state index contributed by atoms with van der Waals surface area (Å²) in [6, 6.07) is 6.19. The molecule has 0 aliphatic rings. The lowest BCUT2D eigenvalue weighted by Crippen LogP contribution is -2.20. The molecular weight excluding hydrogens is 309 g/mol.